The number of pyridine rings is 1. The van der Waals surface area contributed by atoms with Crippen molar-refractivity contribution in [1.29, 1.82) is 5.41 Å². The van der Waals surface area contributed by atoms with E-state index in [0.717, 1.165) is 23.1 Å². The van der Waals surface area contributed by atoms with E-state index in [4.69, 9.17) is 28.6 Å². The highest BCUT2D eigenvalue weighted by molar-refractivity contribution is 6.31. The van der Waals surface area contributed by atoms with Crippen LogP contribution < -0.4 is 5.32 Å². The van der Waals surface area contributed by atoms with Gasteiger partial charge in [-0.25, -0.2) is 4.98 Å². The number of aryl methyl sites for hydroxylation is 2. The van der Waals surface area contributed by atoms with Crippen LogP contribution in [0, 0.1) is 5.41 Å². The van der Waals surface area contributed by atoms with Crippen molar-refractivity contribution in [3.8, 4) is 0 Å². The molecule has 0 unspecified atom stereocenters. The fourth-order valence-electron chi connectivity index (χ4n) is 2.81. The third-order valence-corrected chi connectivity index (χ3v) is 4.81. The van der Waals surface area contributed by atoms with Gasteiger partial charge < -0.3 is 10.7 Å². The van der Waals surface area contributed by atoms with Crippen molar-refractivity contribution in [2.24, 2.45) is 0 Å². The van der Waals surface area contributed by atoms with Crippen molar-refractivity contribution >= 4 is 40.6 Å². The molecule has 0 radical (unpaired) electrons. The smallest absolute Gasteiger partial charge is 0.257 e. The second kappa shape index (κ2) is 10.2. The molecule has 1 heterocycles. The van der Waals surface area contributed by atoms with Crippen LogP contribution in [0.5, 0.6) is 0 Å². The van der Waals surface area contributed by atoms with Crippen LogP contribution in [0.1, 0.15) is 41.4 Å². The van der Waals surface area contributed by atoms with Gasteiger partial charge in [-0.3, -0.25) is 4.79 Å². The summed E-state index contributed by atoms with van der Waals surface area (Å²) < 4.78 is 0. The molecule has 3 aromatic rings. The summed E-state index contributed by atoms with van der Waals surface area (Å²) >= 11 is 11.9. The molecule has 2 N–H and O–H groups in total. The predicted molar refractivity (Wildman–Crippen MR) is 122 cm³/mol. The van der Waals surface area contributed by atoms with Gasteiger partial charge in [0.05, 0.1) is 5.02 Å². The van der Waals surface area contributed by atoms with Crippen LogP contribution in [0.25, 0.3) is 0 Å². The zero-order chi connectivity index (χ0) is 20.1. The maximum atomic E-state index is 12.7. The van der Waals surface area contributed by atoms with E-state index >= 15 is 0 Å². The number of benzene rings is 2. The van der Waals surface area contributed by atoms with Gasteiger partial charge in [-0.1, -0.05) is 61.0 Å². The van der Waals surface area contributed by atoms with Gasteiger partial charge in [-0.2, -0.15) is 0 Å². The van der Waals surface area contributed by atoms with E-state index in [0.29, 0.717) is 33.6 Å². The predicted octanol–water partition coefficient (Wildman–Crippen LogP) is 6.45. The molecule has 0 bridgehead atoms. The highest BCUT2D eigenvalue weighted by Crippen LogP contribution is 2.20. The number of carbonyl (C=O) groups is 1. The molecule has 0 atom stereocenters. The van der Waals surface area contributed by atoms with Crippen molar-refractivity contribution in [2.75, 3.05) is 5.32 Å². The van der Waals surface area contributed by atoms with Crippen molar-refractivity contribution in [1.82, 2.24) is 4.98 Å². The molecule has 4 nitrogen and oxygen atoms in total. The normalized spacial score (nSPS) is 10.2. The Hall–Kier alpha value is -2.69. The van der Waals surface area contributed by atoms with Crippen LogP contribution in [0.2, 0.25) is 10.0 Å². The fourth-order valence-corrected chi connectivity index (χ4v) is 3.10. The first-order valence-corrected chi connectivity index (χ1v) is 9.54. The minimum Gasteiger partial charge on any atom is -0.307 e. The molecule has 0 aliphatic rings. The molecule has 0 saturated carbocycles. The molecular weight excluding hydrogens is 405 g/mol. The Kier molecular flexibility index (Phi) is 7.94. The number of hydrogen-bond donors (Lipinski definition) is 2. The highest BCUT2D eigenvalue weighted by Gasteiger charge is 2.13. The molecule has 29 heavy (non-hydrogen) atoms. The zero-order valence-corrected chi connectivity index (χ0v) is 16.8. The summed E-state index contributed by atoms with van der Waals surface area (Å²) in [6.07, 6.45) is 2.95. The number of hydrogen-bond acceptors (Lipinski definition) is 3. The topological polar surface area (TPSA) is 65.8 Å². The van der Waals surface area contributed by atoms with Crippen molar-refractivity contribution in [3.05, 3.63) is 93.1 Å². The summed E-state index contributed by atoms with van der Waals surface area (Å²) in [5, 5.41) is 11.5. The number of carbonyl (C=O) groups excluding carboxylic acids is 1. The molecule has 2 aromatic carbocycles. The van der Waals surface area contributed by atoms with Crippen LogP contribution in [0.15, 0.2) is 60.8 Å². The molecule has 1 aromatic heterocycles. The van der Waals surface area contributed by atoms with Gasteiger partial charge >= 0.3 is 0 Å². The lowest BCUT2D eigenvalue weighted by Crippen LogP contribution is -2.15. The molecule has 0 saturated heterocycles. The Balaban J connectivity index is 0.00000300. The molecule has 3 rings (SSSR count). The lowest BCUT2D eigenvalue weighted by molar-refractivity contribution is 0.102. The van der Waals surface area contributed by atoms with Gasteiger partial charge in [-0.15, -0.1) is 0 Å². The van der Waals surface area contributed by atoms with Crippen molar-refractivity contribution in [2.45, 2.75) is 27.2 Å². The van der Waals surface area contributed by atoms with Gasteiger partial charge in [0.25, 0.3) is 5.91 Å². The molecule has 0 spiro atoms. The summed E-state index contributed by atoms with van der Waals surface area (Å²) in [6, 6.07) is 16.6. The summed E-state index contributed by atoms with van der Waals surface area (Å²) in [6.45, 7) is 1.77. The molecule has 0 aliphatic heterocycles. The average molecular weight is 428 g/mol. The summed E-state index contributed by atoms with van der Waals surface area (Å²) in [7, 11) is 0. The van der Waals surface area contributed by atoms with Gasteiger partial charge in [-0.05, 0) is 60.7 Å². The Morgan fingerprint density at radius 2 is 1.69 bits per heavy atom. The lowest BCUT2D eigenvalue weighted by atomic mass is 9.98. The maximum Gasteiger partial charge on any atom is 0.257 e. The first-order valence-electron chi connectivity index (χ1n) is 8.78. The molecule has 150 valence electrons. The highest BCUT2D eigenvalue weighted by atomic mass is 35.5. The van der Waals surface area contributed by atoms with Crippen LogP contribution in [0.4, 0.5) is 5.82 Å². The van der Waals surface area contributed by atoms with Crippen LogP contribution in [-0.4, -0.2) is 16.6 Å². The van der Waals surface area contributed by atoms with Crippen molar-refractivity contribution in [3.63, 3.8) is 0 Å². The average Bonchev–Trinajstić information content (AvgIpc) is 2.69. The molecule has 6 heteroatoms. The third-order valence-electron chi connectivity index (χ3n) is 4.36. The van der Waals surface area contributed by atoms with E-state index in [1.54, 1.807) is 31.2 Å². The second-order valence-electron chi connectivity index (χ2n) is 6.44. The monoisotopic (exact) mass is 427 g/mol. The molecule has 0 fully saturated rings. The Morgan fingerprint density at radius 3 is 2.31 bits per heavy atom. The van der Waals surface area contributed by atoms with Crippen molar-refractivity contribution < 1.29 is 4.79 Å². The van der Waals surface area contributed by atoms with E-state index < -0.39 is 0 Å². The summed E-state index contributed by atoms with van der Waals surface area (Å²) in [5.41, 5.74) is 4.02. The lowest BCUT2D eigenvalue weighted by Gasteiger charge is -2.11. The third kappa shape index (κ3) is 6.14. The largest absolute Gasteiger partial charge is 0.307 e. The first-order chi connectivity index (χ1) is 13.4. The maximum absolute atomic E-state index is 12.7. The van der Waals surface area contributed by atoms with Crippen LogP contribution in [0.3, 0.4) is 0 Å². The number of nitrogens with one attached hydrogen (secondary N) is 2. The van der Waals surface area contributed by atoms with Gasteiger partial charge in [0.1, 0.15) is 5.82 Å². The molecule has 0 aliphatic carbocycles. The Morgan fingerprint density at radius 1 is 1.00 bits per heavy atom. The number of halogens is 2. The van der Waals surface area contributed by atoms with Crippen LogP contribution in [-0.2, 0) is 12.8 Å². The first kappa shape index (κ1) is 22.6. The van der Waals surface area contributed by atoms with E-state index in [1.807, 2.05) is 30.3 Å². The van der Waals surface area contributed by atoms with Gasteiger partial charge in [0.2, 0.25) is 0 Å². The second-order valence-corrected chi connectivity index (χ2v) is 7.31. The van der Waals surface area contributed by atoms with E-state index in [9.17, 15) is 4.79 Å². The van der Waals surface area contributed by atoms with Crippen LogP contribution >= 0.6 is 23.2 Å². The standard InChI is InChI=1S/C22H19Cl2N3O.CH4/c1-14(25)16-5-2-15(3-6-16)4-7-17-8-9-18(23)12-20(17)22(28)27-21-11-10-19(24)13-26-21;/h2-3,5-6,8-13,25H,4,7H2,1H3,(H,26,27,28);1H4. The SMILES string of the molecule is C.CC(=N)c1ccc(CCc2ccc(Cl)cc2C(=O)Nc2ccc(Cl)cn2)cc1. The fraction of sp³-hybridized carbons (Fsp3) is 0.174. The number of rotatable bonds is 6. The van der Waals surface area contributed by atoms with E-state index in [2.05, 4.69) is 10.3 Å². The number of amides is 1. The van der Waals surface area contributed by atoms with E-state index in [-0.39, 0.29) is 13.3 Å². The van der Waals surface area contributed by atoms with Gasteiger partial charge in [0.15, 0.2) is 0 Å². The number of aromatic nitrogens is 1. The number of nitrogens with zero attached hydrogens (tertiary/aromatic N) is 1. The minimum atomic E-state index is -0.262. The zero-order valence-electron chi connectivity index (χ0n) is 15.3. The number of anilines is 1. The van der Waals surface area contributed by atoms with E-state index in [1.165, 1.54) is 6.20 Å². The summed E-state index contributed by atoms with van der Waals surface area (Å²) in [4.78, 5) is 16.8. The minimum absolute atomic E-state index is 0. The quantitative estimate of drug-likeness (QED) is 0.443. The summed E-state index contributed by atoms with van der Waals surface area (Å²) in [5.74, 6) is 0.167. The Bertz CT molecular complexity index is 1000. The molecular formula is C23H23Cl2N3O. The Labute approximate surface area is 181 Å². The van der Waals surface area contributed by atoms with Gasteiger partial charge in [0, 0.05) is 22.5 Å². The molecule has 1 amide bonds.